The molecule has 1 fully saturated rings. The Morgan fingerprint density at radius 1 is 1.00 bits per heavy atom. The fourth-order valence-electron chi connectivity index (χ4n) is 2.74. The van der Waals surface area contributed by atoms with Gasteiger partial charge in [0.05, 0.1) is 12.2 Å². The number of aliphatic hydroxyl groups excluding tert-OH is 1. The lowest BCUT2D eigenvalue weighted by Gasteiger charge is -2.16. The van der Waals surface area contributed by atoms with E-state index in [1.807, 2.05) is 30.3 Å². The molecule has 3 rings (SSSR count). The largest absolute Gasteiger partial charge is 0.388 e. The first-order chi connectivity index (χ1) is 9.83. The van der Waals surface area contributed by atoms with Crippen LogP contribution in [0.2, 0.25) is 0 Å². The monoisotopic (exact) mass is 268 g/mol. The van der Waals surface area contributed by atoms with Gasteiger partial charge in [0.1, 0.15) is 0 Å². The molecule has 0 radical (unpaired) electrons. The molecule has 2 atom stereocenters. The number of rotatable bonds is 4. The van der Waals surface area contributed by atoms with Crippen LogP contribution in [0.1, 0.15) is 30.9 Å². The van der Waals surface area contributed by atoms with Crippen molar-refractivity contribution >= 4 is 0 Å². The van der Waals surface area contributed by atoms with Crippen LogP contribution in [-0.4, -0.2) is 17.8 Å². The normalized spacial score (nSPS) is 19.9. The zero-order valence-electron chi connectivity index (χ0n) is 11.5. The van der Waals surface area contributed by atoms with Gasteiger partial charge in [-0.2, -0.15) is 0 Å². The van der Waals surface area contributed by atoms with Gasteiger partial charge in [0.2, 0.25) is 0 Å². The Morgan fingerprint density at radius 3 is 2.35 bits per heavy atom. The number of hydrogen-bond donors (Lipinski definition) is 1. The van der Waals surface area contributed by atoms with Crippen molar-refractivity contribution in [3.63, 3.8) is 0 Å². The molecule has 2 heteroatoms. The van der Waals surface area contributed by atoms with Crippen molar-refractivity contribution in [2.75, 3.05) is 6.61 Å². The lowest BCUT2D eigenvalue weighted by molar-refractivity contribution is 0.0535. The second kappa shape index (κ2) is 6.21. The van der Waals surface area contributed by atoms with Gasteiger partial charge in [0.15, 0.2) is 0 Å². The summed E-state index contributed by atoms with van der Waals surface area (Å²) in [6, 6.07) is 18.5. The highest BCUT2D eigenvalue weighted by Gasteiger charge is 2.20. The summed E-state index contributed by atoms with van der Waals surface area (Å²) in [7, 11) is 0. The van der Waals surface area contributed by atoms with Crippen molar-refractivity contribution in [2.45, 2.75) is 31.5 Å². The molecule has 0 aliphatic carbocycles. The molecule has 0 saturated carbocycles. The van der Waals surface area contributed by atoms with Crippen molar-refractivity contribution in [3.05, 3.63) is 60.2 Å². The molecule has 1 saturated heterocycles. The van der Waals surface area contributed by atoms with Crippen molar-refractivity contribution in [1.82, 2.24) is 0 Å². The Labute approximate surface area is 120 Å². The van der Waals surface area contributed by atoms with Crippen LogP contribution >= 0.6 is 0 Å². The molecule has 20 heavy (non-hydrogen) atoms. The molecule has 0 aromatic heterocycles. The molecule has 1 aliphatic heterocycles. The second-order valence-corrected chi connectivity index (χ2v) is 5.37. The Balaban J connectivity index is 1.69. The fraction of sp³-hybridized carbons (Fsp3) is 0.333. The van der Waals surface area contributed by atoms with E-state index in [2.05, 4.69) is 24.3 Å². The van der Waals surface area contributed by atoms with Crippen LogP contribution in [-0.2, 0) is 4.74 Å². The molecule has 1 N–H and O–H groups in total. The van der Waals surface area contributed by atoms with E-state index in [9.17, 15) is 5.11 Å². The number of benzene rings is 2. The van der Waals surface area contributed by atoms with Gasteiger partial charge in [-0.1, -0.05) is 54.6 Å². The Bertz CT molecular complexity index is 527. The third-order valence-corrected chi connectivity index (χ3v) is 3.91. The van der Waals surface area contributed by atoms with Crippen LogP contribution < -0.4 is 0 Å². The van der Waals surface area contributed by atoms with Crippen LogP contribution in [0.15, 0.2) is 54.6 Å². The standard InChI is InChI=1S/C18H20O2/c19-18(13-17-7-4-12-20-17)16-10-8-15(9-11-16)14-5-2-1-3-6-14/h1-3,5-6,8-11,17-19H,4,7,12-13H2. The van der Waals surface area contributed by atoms with Crippen LogP contribution in [0.5, 0.6) is 0 Å². The van der Waals surface area contributed by atoms with E-state index >= 15 is 0 Å². The molecule has 0 spiro atoms. The maximum absolute atomic E-state index is 10.3. The third kappa shape index (κ3) is 3.09. The van der Waals surface area contributed by atoms with Crippen LogP contribution in [0.3, 0.4) is 0 Å². The zero-order valence-corrected chi connectivity index (χ0v) is 11.5. The van der Waals surface area contributed by atoms with E-state index in [1.54, 1.807) is 0 Å². The number of aliphatic hydroxyl groups is 1. The van der Waals surface area contributed by atoms with Crippen LogP contribution in [0.25, 0.3) is 11.1 Å². The predicted molar refractivity (Wildman–Crippen MR) is 80.4 cm³/mol. The van der Waals surface area contributed by atoms with E-state index in [-0.39, 0.29) is 6.10 Å². The fourth-order valence-corrected chi connectivity index (χ4v) is 2.74. The second-order valence-electron chi connectivity index (χ2n) is 5.37. The summed E-state index contributed by atoms with van der Waals surface area (Å²) in [5, 5.41) is 10.3. The predicted octanol–water partition coefficient (Wildman–Crippen LogP) is 3.96. The third-order valence-electron chi connectivity index (χ3n) is 3.91. The summed E-state index contributed by atoms with van der Waals surface area (Å²) in [5.74, 6) is 0. The zero-order chi connectivity index (χ0) is 13.8. The Kier molecular flexibility index (Phi) is 4.14. The molecule has 2 nitrogen and oxygen atoms in total. The first-order valence-corrected chi connectivity index (χ1v) is 7.28. The average molecular weight is 268 g/mol. The van der Waals surface area contributed by atoms with Crippen molar-refractivity contribution in [3.8, 4) is 11.1 Å². The first kappa shape index (κ1) is 13.3. The molecular formula is C18H20O2. The topological polar surface area (TPSA) is 29.5 Å². The summed E-state index contributed by atoms with van der Waals surface area (Å²) < 4.78 is 5.58. The van der Waals surface area contributed by atoms with Gasteiger partial charge in [-0.3, -0.25) is 0 Å². The van der Waals surface area contributed by atoms with E-state index in [0.717, 1.165) is 25.0 Å². The van der Waals surface area contributed by atoms with Crippen molar-refractivity contribution in [2.24, 2.45) is 0 Å². The highest BCUT2D eigenvalue weighted by Crippen LogP contribution is 2.27. The molecular weight excluding hydrogens is 248 g/mol. The Morgan fingerprint density at radius 2 is 1.70 bits per heavy atom. The summed E-state index contributed by atoms with van der Waals surface area (Å²) in [6.07, 6.45) is 2.68. The summed E-state index contributed by atoms with van der Waals surface area (Å²) >= 11 is 0. The summed E-state index contributed by atoms with van der Waals surface area (Å²) in [4.78, 5) is 0. The minimum Gasteiger partial charge on any atom is -0.388 e. The van der Waals surface area contributed by atoms with Gasteiger partial charge in [0.25, 0.3) is 0 Å². The highest BCUT2D eigenvalue weighted by atomic mass is 16.5. The minimum absolute atomic E-state index is 0.221. The summed E-state index contributed by atoms with van der Waals surface area (Å²) in [6.45, 7) is 0.838. The number of ether oxygens (including phenoxy) is 1. The van der Waals surface area contributed by atoms with Gasteiger partial charge < -0.3 is 9.84 Å². The minimum atomic E-state index is -0.428. The molecule has 1 heterocycles. The lowest BCUT2D eigenvalue weighted by atomic mass is 9.98. The average Bonchev–Trinajstić information content (AvgIpc) is 3.01. The number of hydrogen-bond acceptors (Lipinski definition) is 2. The molecule has 0 bridgehead atoms. The smallest absolute Gasteiger partial charge is 0.0814 e. The molecule has 1 aliphatic rings. The van der Waals surface area contributed by atoms with Crippen molar-refractivity contribution < 1.29 is 9.84 Å². The van der Waals surface area contributed by atoms with E-state index in [0.29, 0.717) is 6.42 Å². The van der Waals surface area contributed by atoms with E-state index in [1.165, 1.54) is 11.1 Å². The highest BCUT2D eigenvalue weighted by molar-refractivity contribution is 5.63. The van der Waals surface area contributed by atoms with Gasteiger partial charge in [-0.15, -0.1) is 0 Å². The lowest BCUT2D eigenvalue weighted by Crippen LogP contribution is -2.11. The van der Waals surface area contributed by atoms with Gasteiger partial charge in [-0.25, -0.2) is 0 Å². The SMILES string of the molecule is OC(CC1CCCO1)c1ccc(-c2ccccc2)cc1. The molecule has 2 aromatic rings. The summed E-state index contributed by atoms with van der Waals surface area (Å²) in [5.41, 5.74) is 3.35. The van der Waals surface area contributed by atoms with Crippen molar-refractivity contribution in [1.29, 1.82) is 0 Å². The molecule has 104 valence electrons. The molecule has 2 unspecified atom stereocenters. The van der Waals surface area contributed by atoms with Gasteiger partial charge >= 0.3 is 0 Å². The quantitative estimate of drug-likeness (QED) is 0.909. The molecule has 2 aromatic carbocycles. The Hall–Kier alpha value is -1.64. The maximum atomic E-state index is 10.3. The molecule has 0 amide bonds. The van der Waals surface area contributed by atoms with Gasteiger partial charge in [-0.05, 0) is 29.5 Å². The first-order valence-electron chi connectivity index (χ1n) is 7.28. The van der Waals surface area contributed by atoms with Gasteiger partial charge in [0, 0.05) is 13.0 Å². The van der Waals surface area contributed by atoms with E-state index < -0.39 is 6.10 Å². The van der Waals surface area contributed by atoms with Crippen LogP contribution in [0, 0.1) is 0 Å². The maximum Gasteiger partial charge on any atom is 0.0814 e. The van der Waals surface area contributed by atoms with E-state index in [4.69, 9.17) is 4.74 Å². The van der Waals surface area contributed by atoms with Crippen LogP contribution in [0.4, 0.5) is 0 Å².